The quantitative estimate of drug-likeness (QED) is 0.0131. The van der Waals surface area contributed by atoms with Crippen molar-refractivity contribution in [2.24, 2.45) is 34.8 Å². The van der Waals surface area contributed by atoms with E-state index in [1.165, 1.54) is 13.8 Å². The summed E-state index contributed by atoms with van der Waals surface area (Å²) in [4.78, 5) is 80.2. The highest BCUT2D eigenvalue weighted by Gasteiger charge is 2.53. The van der Waals surface area contributed by atoms with Crippen molar-refractivity contribution in [1.29, 1.82) is 0 Å². The van der Waals surface area contributed by atoms with Gasteiger partial charge in [0.1, 0.15) is 43.0 Å². The molecule has 0 saturated carbocycles. The highest BCUT2D eigenvalue weighted by atomic mass is 31.2. The van der Waals surface area contributed by atoms with Crippen LogP contribution in [0.1, 0.15) is 65.5 Å². The first-order valence-corrected chi connectivity index (χ1v) is 35.4. The SMILES string of the molecule is CC[C@@H]1OC(OCCOCCNC(=O)OCc2ccccc2)[C@@H](OC(C)=O)[C@@H](OC(N)=O)[C@@H]1C.CC[C@@H]1O[C@H](OP(=O)(Oc2ccccc2)Oc2ccccc2)[C@@H](OC(C)=O)[C@@H](OC(N)=O)[C@@H]1C.NCCOCCOC1O[C@@H](CO)[C@@H](O)[C@H](OC(N)=O)[C@@H]1O.O=C(NCCOCCO)OCc1ccccc1. The molecule has 15 atom stereocenters. The maximum absolute atomic E-state index is 13.8. The summed E-state index contributed by atoms with van der Waals surface area (Å²) in [5, 5.41) is 42.5. The van der Waals surface area contributed by atoms with Gasteiger partial charge in [-0.25, -0.2) is 33.1 Å². The Morgan fingerprint density at radius 2 is 0.858 bits per heavy atom. The van der Waals surface area contributed by atoms with Crippen molar-refractivity contribution in [3.05, 3.63) is 132 Å². The highest BCUT2D eigenvalue weighted by molar-refractivity contribution is 7.49. The van der Waals surface area contributed by atoms with E-state index in [1.807, 2.05) is 81.4 Å². The van der Waals surface area contributed by atoms with E-state index in [0.717, 1.165) is 11.1 Å². The summed E-state index contributed by atoms with van der Waals surface area (Å²) in [6.07, 6.45) is -16.9. The van der Waals surface area contributed by atoms with E-state index >= 15 is 0 Å². The number of primary amides is 3. The van der Waals surface area contributed by atoms with Crippen LogP contribution >= 0.6 is 7.82 Å². The van der Waals surface area contributed by atoms with Gasteiger partial charge in [-0.05, 0) is 48.2 Å². The molecule has 4 aromatic rings. The number of hydrogen-bond donors (Lipinski definition) is 10. The molecule has 14 N–H and O–H groups in total. The van der Waals surface area contributed by atoms with Crippen LogP contribution in [0.15, 0.2) is 121 Å². The van der Waals surface area contributed by atoms with E-state index in [0.29, 0.717) is 39.1 Å². The number of alkyl carbamates (subject to hydrolysis) is 2. The summed E-state index contributed by atoms with van der Waals surface area (Å²) in [6, 6.07) is 35.4. The van der Waals surface area contributed by atoms with Gasteiger partial charge < -0.3 is 134 Å². The van der Waals surface area contributed by atoms with E-state index < -0.39 is 137 Å². The Bertz CT molecular complexity index is 3160. The Hall–Kier alpha value is -8.56. The number of carbonyl (C=O) groups is 7. The number of aliphatic hydroxyl groups excluding tert-OH is 4. The Morgan fingerprint density at radius 3 is 1.26 bits per heavy atom. The van der Waals surface area contributed by atoms with Crippen molar-refractivity contribution in [2.45, 2.75) is 148 Å². The molecule has 0 aromatic heterocycles. The third kappa shape index (κ3) is 33.9. The van der Waals surface area contributed by atoms with E-state index in [1.54, 1.807) is 67.6 Å². The Labute approximate surface area is 613 Å². The largest absolute Gasteiger partial charge is 0.590 e. The Balaban J connectivity index is 0.000000310. The van der Waals surface area contributed by atoms with Gasteiger partial charge in [-0.2, -0.15) is 0 Å². The van der Waals surface area contributed by atoms with Crippen LogP contribution < -0.4 is 42.6 Å². The van der Waals surface area contributed by atoms with Gasteiger partial charge in [0.2, 0.25) is 6.29 Å². The molecular formula is C69H101N6O30P. The molecule has 3 aliphatic heterocycles. The lowest BCUT2D eigenvalue weighted by atomic mass is 9.89. The van der Waals surface area contributed by atoms with Gasteiger partial charge in [-0.15, -0.1) is 0 Å². The molecule has 106 heavy (non-hydrogen) atoms. The number of aliphatic hydroxyl groups is 4. The third-order valence-corrected chi connectivity index (χ3v) is 16.5. The average Bonchev–Trinajstić information content (AvgIpc) is 0.798. The van der Waals surface area contributed by atoms with Gasteiger partial charge >= 0.3 is 50.2 Å². The smallest absolute Gasteiger partial charge is 0.453 e. The lowest BCUT2D eigenvalue weighted by Crippen LogP contribution is -2.60. The summed E-state index contributed by atoms with van der Waals surface area (Å²) in [6.45, 7) is 12.5. The number of nitrogens with two attached hydrogens (primary N) is 4. The van der Waals surface area contributed by atoms with Gasteiger partial charge in [0, 0.05) is 45.3 Å². The third-order valence-electron chi connectivity index (χ3n) is 15.1. The molecule has 5 amide bonds. The molecule has 4 aromatic carbocycles. The zero-order valence-electron chi connectivity index (χ0n) is 59.9. The van der Waals surface area contributed by atoms with Gasteiger partial charge in [-0.3, -0.25) is 9.59 Å². The maximum atomic E-state index is 13.8. The number of benzene rings is 4. The van der Waals surface area contributed by atoms with Crippen LogP contribution in [0.2, 0.25) is 0 Å². The van der Waals surface area contributed by atoms with Crippen LogP contribution in [0.4, 0.5) is 24.0 Å². The van der Waals surface area contributed by atoms with Crippen LogP contribution in [0.5, 0.6) is 11.5 Å². The van der Waals surface area contributed by atoms with Gasteiger partial charge in [0.15, 0.2) is 43.1 Å². The number of hydrogen-bond acceptors (Lipinski definition) is 31. The van der Waals surface area contributed by atoms with Gasteiger partial charge in [-0.1, -0.05) is 125 Å². The Kier molecular flexibility index (Phi) is 42.4. The molecular weight excluding hydrogens is 1420 g/mol. The molecule has 3 heterocycles. The maximum Gasteiger partial charge on any atom is 0.590 e. The number of ether oxygens (including phenoxy) is 15. The van der Waals surface area contributed by atoms with Crippen molar-refractivity contribution in [3.8, 4) is 11.5 Å². The number of para-hydroxylation sites is 2. The molecule has 3 fully saturated rings. The second-order valence-corrected chi connectivity index (χ2v) is 24.6. The molecule has 592 valence electrons. The van der Waals surface area contributed by atoms with Crippen molar-refractivity contribution < 1.29 is 143 Å². The van der Waals surface area contributed by atoms with E-state index in [2.05, 4.69) is 15.4 Å². The first kappa shape index (κ1) is 89.8. The Morgan fingerprint density at radius 1 is 0.472 bits per heavy atom. The fourth-order valence-electron chi connectivity index (χ4n) is 10.3. The first-order chi connectivity index (χ1) is 50.8. The fraction of sp³-hybridized carbons (Fsp3) is 0.551. The topological polar surface area (TPSA) is 512 Å². The number of carbonyl (C=O) groups excluding carboxylic acids is 7. The minimum Gasteiger partial charge on any atom is -0.453 e. The molecule has 0 spiro atoms. The number of phosphoric acid groups is 1. The zero-order valence-corrected chi connectivity index (χ0v) is 60.8. The predicted molar refractivity (Wildman–Crippen MR) is 371 cm³/mol. The number of nitrogens with one attached hydrogen (secondary N) is 2. The number of amides is 5. The van der Waals surface area contributed by atoms with Gasteiger partial charge in [0.25, 0.3) is 0 Å². The minimum atomic E-state index is -4.42. The molecule has 36 nitrogen and oxygen atoms in total. The summed E-state index contributed by atoms with van der Waals surface area (Å²) in [7, 11) is -4.42. The number of phosphoric ester groups is 1. The first-order valence-electron chi connectivity index (χ1n) is 34.0. The summed E-state index contributed by atoms with van der Waals surface area (Å²) < 4.78 is 110. The van der Waals surface area contributed by atoms with Crippen LogP contribution in [-0.2, 0) is 103 Å². The monoisotopic (exact) mass is 1520 g/mol. The lowest BCUT2D eigenvalue weighted by molar-refractivity contribution is -0.301. The van der Waals surface area contributed by atoms with E-state index in [-0.39, 0.29) is 89.5 Å². The fourth-order valence-corrected chi connectivity index (χ4v) is 11.6. The minimum absolute atomic E-state index is 0.0154. The lowest BCUT2D eigenvalue weighted by Gasteiger charge is -2.43. The van der Waals surface area contributed by atoms with Crippen LogP contribution in [0.25, 0.3) is 0 Å². The molecule has 0 radical (unpaired) electrons. The van der Waals surface area contributed by atoms with Crippen LogP contribution in [0, 0.1) is 11.8 Å². The molecule has 2 unspecified atom stereocenters. The predicted octanol–water partition coefficient (Wildman–Crippen LogP) is 4.35. The van der Waals surface area contributed by atoms with Gasteiger partial charge in [0.05, 0.1) is 78.3 Å². The summed E-state index contributed by atoms with van der Waals surface area (Å²) in [5.41, 5.74) is 22.4. The molecule has 3 saturated heterocycles. The number of esters is 2. The molecule has 7 rings (SSSR count). The molecule has 3 aliphatic rings. The van der Waals surface area contributed by atoms with Crippen LogP contribution in [-0.4, -0.2) is 228 Å². The second kappa shape index (κ2) is 50.1. The van der Waals surface area contributed by atoms with E-state index in [9.17, 15) is 48.3 Å². The second-order valence-electron chi connectivity index (χ2n) is 23.1. The normalized spacial score (nSPS) is 23.7. The standard InChI is InChI=1S/C23H34N2O9.C23H28NO9P.C12H17NO4.C11H22N2O8/c1-4-18-15(2)19(34-22(24)27)20(32-16(3)26)21(33-18)30-13-12-29-11-10-25-23(28)31-14-17-8-6-5-7-9-17;1-4-19-15(2)20(30-23(24)26)21(28-16(3)25)22(29-19)33-34(27,31-17-11-7-5-8-12-17)32-18-13-9-6-10-14-18;14-7-9-16-8-6-13-12(15)17-10-11-4-2-1-3-5-11;12-1-2-18-3-4-19-10-8(16)9(21-11(13)17)7(15)6(5-14)20-10/h5-9,15,18-21H,4,10-14H2,1-3H3,(H2,24,27)(H,25,28);5-15,19-22H,4H2,1-3H3,(H2,24,26);1-5,14H,6-10H2,(H,13,15);6-10,14-16H,1-5,12H2,(H2,13,17)/t15-,18+,19+,20+,21?;15-,19+,20+,21+,22-;;6-,7+,8-,9-,10?/m11.0/s1. The van der Waals surface area contributed by atoms with Crippen molar-refractivity contribution in [3.63, 3.8) is 0 Å². The van der Waals surface area contributed by atoms with Crippen LogP contribution in [0.3, 0.4) is 0 Å². The van der Waals surface area contributed by atoms with E-state index in [4.69, 9.17) is 113 Å². The van der Waals surface area contributed by atoms with Crippen molar-refractivity contribution >= 4 is 50.2 Å². The van der Waals surface area contributed by atoms with Crippen molar-refractivity contribution in [2.75, 3.05) is 85.7 Å². The number of rotatable bonds is 36. The molecule has 37 heteroatoms. The highest BCUT2D eigenvalue weighted by Crippen LogP contribution is 2.52. The summed E-state index contributed by atoms with van der Waals surface area (Å²) >= 11 is 0. The molecule has 0 bridgehead atoms. The zero-order chi connectivity index (χ0) is 77.8. The molecule has 0 aliphatic carbocycles. The summed E-state index contributed by atoms with van der Waals surface area (Å²) in [5.74, 6) is -1.50. The van der Waals surface area contributed by atoms with Crippen molar-refractivity contribution in [1.82, 2.24) is 10.6 Å². The average molecular weight is 1530 g/mol.